The van der Waals surface area contributed by atoms with Gasteiger partial charge in [0.25, 0.3) is 0 Å². The van der Waals surface area contributed by atoms with Crippen LogP contribution in [0.4, 0.5) is 5.69 Å². The Labute approximate surface area is 150 Å². The number of hydrogen-bond donors (Lipinski definition) is 1. The third kappa shape index (κ3) is 4.34. The van der Waals surface area contributed by atoms with Crippen molar-refractivity contribution < 1.29 is 9.47 Å². The van der Waals surface area contributed by atoms with Gasteiger partial charge in [0.2, 0.25) is 0 Å². The molecule has 0 saturated heterocycles. The molecule has 0 aliphatic carbocycles. The Hall–Kier alpha value is -1.83. The molecule has 0 spiro atoms. The number of hydrogen-bond acceptors (Lipinski definition) is 3. The van der Waals surface area contributed by atoms with E-state index in [1.165, 1.54) is 0 Å². The number of methoxy groups -OCH3 is 1. The van der Waals surface area contributed by atoms with Crippen molar-refractivity contribution in [2.45, 2.75) is 13.5 Å². The van der Waals surface area contributed by atoms with Gasteiger partial charge in [0.05, 0.1) is 11.6 Å². The van der Waals surface area contributed by atoms with Gasteiger partial charge >= 0.3 is 0 Å². The molecule has 0 unspecified atom stereocenters. The Morgan fingerprint density at radius 2 is 2.13 bits per heavy atom. The van der Waals surface area contributed by atoms with Gasteiger partial charge in [-0.1, -0.05) is 23.6 Å². The normalized spacial score (nSPS) is 10.0. The SMILES string of the molecule is C#CCOc1c(Br)cc(CNc2cccc(Cl)c2C)cc1OC. The van der Waals surface area contributed by atoms with E-state index in [0.717, 1.165) is 26.3 Å². The highest BCUT2D eigenvalue weighted by molar-refractivity contribution is 9.10. The number of anilines is 1. The fourth-order valence-corrected chi connectivity index (χ4v) is 2.90. The quantitative estimate of drug-likeness (QED) is 0.696. The molecule has 2 aromatic rings. The van der Waals surface area contributed by atoms with Crippen LogP contribution in [0.5, 0.6) is 11.5 Å². The number of ether oxygens (including phenoxy) is 2. The summed E-state index contributed by atoms with van der Waals surface area (Å²) in [6.07, 6.45) is 5.23. The van der Waals surface area contributed by atoms with Crippen LogP contribution < -0.4 is 14.8 Å². The lowest BCUT2D eigenvalue weighted by Gasteiger charge is -2.15. The maximum absolute atomic E-state index is 6.14. The number of rotatable bonds is 6. The van der Waals surface area contributed by atoms with E-state index < -0.39 is 0 Å². The lowest BCUT2D eigenvalue weighted by molar-refractivity contribution is 0.328. The molecule has 0 heterocycles. The van der Waals surface area contributed by atoms with E-state index in [9.17, 15) is 0 Å². The molecule has 0 aliphatic rings. The molecule has 2 rings (SSSR count). The molecule has 3 nitrogen and oxygen atoms in total. The van der Waals surface area contributed by atoms with Crippen molar-refractivity contribution in [1.29, 1.82) is 0 Å². The van der Waals surface area contributed by atoms with Crippen LogP contribution in [0.15, 0.2) is 34.8 Å². The van der Waals surface area contributed by atoms with Crippen molar-refractivity contribution in [3.63, 3.8) is 0 Å². The zero-order valence-electron chi connectivity index (χ0n) is 13.0. The maximum atomic E-state index is 6.14. The topological polar surface area (TPSA) is 30.5 Å². The number of nitrogens with one attached hydrogen (secondary N) is 1. The van der Waals surface area contributed by atoms with Gasteiger partial charge in [-0.2, -0.15) is 0 Å². The fourth-order valence-electron chi connectivity index (χ4n) is 2.13. The van der Waals surface area contributed by atoms with Gasteiger partial charge in [0.1, 0.15) is 6.61 Å². The van der Waals surface area contributed by atoms with Gasteiger partial charge in [0, 0.05) is 17.3 Å². The van der Waals surface area contributed by atoms with E-state index in [2.05, 4.69) is 27.2 Å². The molecular formula is C18H17BrClNO2. The van der Waals surface area contributed by atoms with E-state index in [0.29, 0.717) is 18.0 Å². The van der Waals surface area contributed by atoms with Gasteiger partial charge in [-0.15, -0.1) is 6.42 Å². The first-order valence-corrected chi connectivity index (χ1v) is 8.15. The number of halogens is 2. The Balaban J connectivity index is 2.19. The van der Waals surface area contributed by atoms with Crippen LogP contribution in [0, 0.1) is 19.3 Å². The van der Waals surface area contributed by atoms with Crippen LogP contribution in [0.1, 0.15) is 11.1 Å². The zero-order valence-corrected chi connectivity index (χ0v) is 15.3. The van der Waals surface area contributed by atoms with E-state index >= 15 is 0 Å². The van der Waals surface area contributed by atoms with Crippen molar-refractivity contribution in [1.82, 2.24) is 0 Å². The first-order valence-electron chi connectivity index (χ1n) is 6.98. The summed E-state index contributed by atoms with van der Waals surface area (Å²) in [5.74, 6) is 3.68. The molecule has 0 aromatic heterocycles. The average molecular weight is 395 g/mol. The highest BCUT2D eigenvalue weighted by Crippen LogP contribution is 2.37. The van der Waals surface area contributed by atoms with Gasteiger partial charge in [-0.25, -0.2) is 0 Å². The van der Waals surface area contributed by atoms with Crippen LogP contribution in [-0.2, 0) is 6.54 Å². The van der Waals surface area contributed by atoms with E-state index in [-0.39, 0.29) is 6.61 Å². The summed E-state index contributed by atoms with van der Waals surface area (Å²) in [5.41, 5.74) is 3.07. The van der Waals surface area contributed by atoms with Crippen LogP contribution in [0.3, 0.4) is 0 Å². The Morgan fingerprint density at radius 1 is 1.35 bits per heavy atom. The highest BCUT2D eigenvalue weighted by Gasteiger charge is 2.12. The molecule has 1 N–H and O–H groups in total. The van der Waals surface area contributed by atoms with Gasteiger partial charge < -0.3 is 14.8 Å². The van der Waals surface area contributed by atoms with Crippen molar-refractivity contribution in [3.8, 4) is 23.8 Å². The largest absolute Gasteiger partial charge is 0.493 e. The minimum atomic E-state index is 0.189. The maximum Gasteiger partial charge on any atom is 0.176 e. The molecule has 0 radical (unpaired) electrons. The zero-order chi connectivity index (χ0) is 16.8. The summed E-state index contributed by atoms with van der Waals surface area (Å²) < 4.78 is 11.7. The van der Waals surface area contributed by atoms with Gasteiger partial charge in [-0.05, 0) is 58.2 Å². The van der Waals surface area contributed by atoms with Crippen molar-refractivity contribution in [2.75, 3.05) is 19.0 Å². The minimum absolute atomic E-state index is 0.189. The van der Waals surface area contributed by atoms with E-state index in [1.807, 2.05) is 37.3 Å². The third-order valence-electron chi connectivity index (χ3n) is 3.34. The smallest absolute Gasteiger partial charge is 0.176 e. The summed E-state index contributed by atoms with van der Waals surface area (Å²) in [6, 6.07) is 9.69. The summed E-state index contributed by atoms with van der Waals surface area (Å²) >= 11 is 9.64. The highest BCUT2D eigenvalue weighted by atomic mass is 79.9. The molecule has 120 valence electrons. The second kappa shape index (κ2) is 8.14. The van der Waals surface area contributed by atoms with E-state index in [1.54, 1.807) is 7.11 Å². The van der Waals surface area contributed by atoms with Crippen LogP contribution >= 0.6 is 27.5 Å². The first-order chi connectivity index (χ1) is 11.1. The molecular weight excluding hydrogens is 378 g/mol. The lowest BCUT2D eigenvalue weighted by atomic mass is 10.1. The van der Waals surface area contributed by atoms with Gasteiger partial charge in [-0.3, -0.25) is 0 Å². The monoisotopic (exact) mass is 393 g/mol. The molecule has 2 aromatic carbocycles. The molecule has 5 heteroatoms. The second-order valence-corrected chi connectivity index (χ2v) is 6.13. The predicted molar refractivity (Wildman–Crippen MR) is 98.5 cm³/mol. The molecule has 0 amide bonds. The van der Waals surface area contributed by atoms with Crippen molar-refractivity contribution in [3.05, 3.63) is 51.0 Å². The minimum Gasteiger partial charge on any atom is -0.493 e. The summed E-state index contributed by atoms with van der Waals surface area (Å²) in [6.45, 7) is 2.80. The third-order valence-corrected chi connectivity index (χ3v) is 4.34. The average Bonchev–Trinajstić information content (AvgIpc) is 2.54. The number of terminal acetylenes is 1. The fraction of sp³-hybridized carbons (Fsp3) is 0.222. The van der Waals surface area contributed by atoms with Gasteiger partial charge in [0.15, 0.2) is 11.5 Å². The Morgan fingerprint density at radius 3 is 2.83 bits per heavy atom. The first kappa shape index (κ1) is 17.5. The second-order valence-electron chi connectivity index (χ2n) is 4.87. The van der Waals surface area contributed by atoms with E-state index in [4.69, 9.17) is 27.5 Å². The Bertz CT molecular complexity index is 741. The lowest BCUT2D eigenvalue weighted by Crippen LogP contribution is -2.03. The summed E-state index contributed by atoms with van der Waals surface area (Å²) in [5, 5.41) is 4.12. The Kier molecular flexibility index (Phi) is 6.20. The van der Waals surface area contributed by atoms with Crippen LogP contribution in [0.25, 0.3) is 0 Å². The summed E-state index contributed by atoms with van der Waals surface area (Å²) in [4.78, 5) is 0. The predicted octanol–water partition coefficient (Wildman–Crippen LogP) is 5.04. The standard InChI is InChI=1S/C18H17BrClNO2/c1-4-8-23-18-14(19)9-13(10-17(18)22-3)11-21-16-7-5-6-15(20)12(16)2/h1,5-7,9-10,21H,8,11H2,2-3H3. The molecule has 0 aliphatic heterocycles. The molecule has 0 fully saturated rings. The van der Waals surface area contributed by atoms with Crippen LogP contribution in [0.2, 0.25) is 5.02 Å². The van der Waals surface area contributed by atoms with Crippen LogP contribution in [-0.4, -0.2) is 13.7 Å². The van der Waals surface area contributed by atoms with Crippen molar-refractivity contribution >= 4 is 33.2 Å². The summed E-state index contributed by atoms with van der Waals surface area (Å²) in [7, 11) is 1.60. The molecule has 0 saturated carbocycles. The molecule has 0 bridgehead atoms. The number of benzene rings is 2. The molecule has 0 atom stereocenters. The van der Waals surface area contributed by atoms with Crippen molar-refractivity contribution in [2.24, 2.45) is 0 Å². The molecule has 23 heavy (non-hydrogen) atoms.